The zero-order valence-electron chi connectivity index (χ0n) is 24.5. The zero-order chi connectivity index (χ0) is 25.7. The summed E-state index contributed by atoms with van der Waals surface area (Å²) in [4.78, 5) is 0. The molecule has 0 rings (SSSR count). The standard InChI is InChI=1S/C33H66I2/c1-3-5-7-9-11-13-15-17-19-21-23-25-27-29-33(31-34,32-35)30-28-26-24-22-20-18-16-14-12-10-8-6-4-2/h3-32H2,1-2H3. The van der Waals surface area contributed by atoms with Gasteiger partial charge in [0.05, 0.1) is 0 Å². The molecule has 0 unspecified atom stereocenters. The van der Waals surface area contributed by atoms with Crippen molar-refractivity contribution in [3.8, 4) is 0 Å². The second-order valence-corrected chi connectivity index (χ2v) is 13.3. The predicted molar refractivity (Wildman–Crippen MR) is 181 cm³/mol. The fourth-order valence-electron chi connectivity index (χ4n) is 5.46. The Balaban J connectivity index is 3.56. The predicted octanol–water partition coefficient (Wildman–Crippen LogP) is 13.8. The first kappa shape index (κ1) is 36.5. The van der Waals surface area contributed by atoms with Gasteiger partial charge in [-0.05, 0) is 18.3 Å². The van der Waals surface area contributed by atoms with E-state index in [0.29, 0.717) is 5.41 Å². The Morgan fingerprint density at radius 3 is 0.714 bits per heavy atom. The van der Waals surface area contributed by atoms with Crippen molar-refractivity contribution in [1.82, 2.24) is 0 Å². The van der Waals surface area contributed by atoms with Crippen LogP contribution in [-0.2, 0) is 0 Å². The van der Waals surface area contributed by atoms with Gasteiger partial charge < -0.3 is 0 Å². The van der Waals surface area contributed by atoms with Gasteiger partial charge in [0.1, 0.15) is 0 Å². The molecule has 0 atom stereocenters. The van der Waals surface area contributed by atoms with Crippen molar-refractivity contribution < 1.29 is 0 Å². The molecule has 0 aromatic heterocycles. The highest BCUT2D eigenvalue weighted by molar-refractivity contribution is 14.1. The number of hydrogen-bond donors (Lipinski definition) is 0. The molecule has 0 fully saturated rings. The molecular weight excluding hydrogens is 650 g/mol. The highest BCUT2D eigenvalue weighted by atomic mass is 127. The first-order chi connectivity index (χ1) is 17.2. The third kappa shape index (κ3) is 25.5. The summed E-state index contributed by atoms with van der Waals surface area (Å²) in [5.41, 5.74) is 0.636. The molecule has 0 aliphatic rings. The van der Waals surface area contributed by atoms with Crippen LogP contribution in [0.4, 0.5) is 0 Å². The van der Waals surface area contributed by atoms with E-state index in [4.69, 9.17) is 0 Å². The van der Waals surface area contributed by atoms with E-state index in [1.165, 1.54) is 189 Å². The Morgan fingerprint density at radius 1 is 0.314 bits per heavy atom. The normalized spacial score (nSPS) is 12.0. The summed E-state index contributed by atoms with van der Waals surface area (Å²) >= 11 is 5.38. The molecule has 0 aromatic carbocycles. The lowest BCUT2D eigenvalue weighted by Gasteiger charge is -2.30. The van der Waals surface area contributed by atoms with Crippen LogP contribution in [0.1, 0.15) is 194 Å². The highest BCUT2D eigenvalue weighted by Crippen LogP contribution is 2.36. The van der Waals surface area contributed by atoms with Crippen molar-refractivity contribution in [3.05, 3.63) is 0 Å². The Bertz CT molecular complexity index is 345. The van der Waals surface area contributed by atoms with Crippen molar-refractivity contribution in [1.29, 1.82) is 0 Å². The second-order valence-electron chi connectivity index (χ2n) is 11.8. The fraction of sp³-hybridized carbons (Fsp3) is 1.00. The van der Waals surface area contributed by atoms with E-state index >= 15 is 0 Å². The second kappa shape index (κ2) is 30.0. The van der Waals surface area contributed by atoms with Crippen molar-refractivity contribution in [3.63, 3.8) is 0 Å². The van der Waals surface area contributed by atoms with Gasteiger partial charge in [0.15, 0.2) is 0 Å². The van der Waals surface area contributed by atoms with Crippen LogP contribution in [0.2, 0.25) is 0 Å². The maximum absolute atomic E-state index is 2.69. The fourth-order valence-corrected chi connectivity index (χ4v) is 8.56. The SMILES string of the molecule is CCCCCCCCCCCCCCCC(CI)(CI)CCCCCCCCCCCCCCC. The summed E-state index contributed by atoms with van der Waals surface area (Å²) < 4.78 is 2.73. The average Bonchev–Trinajstić information content (AvgIpc) is 2.88. The largest absolute Gasteiger partial charge is 0.0857 e. The molecule has 0 heterocycles. The smallest absolute Gasteiger partial charge is 0.00593 e. The third-order valence-electron chi connectivity index (χ3n) is 8.19. The average molecular weight is 717 g/mol. The molecule has 35 heavy (non-hydrogen) atoms. The van der Waals surface area contributed by atoms with E-state index in [2.05, 4.69) is 59.0 Å². The Hall–Kier alpha value is 1.46. The quantitative estimate of drug-likeness (QED) is 0.0394. The number of rotatable bonds is 30. The van der Waals surface area contributed by atoms with Gasteiger partial charge in [-0.25, -0.2) is 0 Å². The van der Waals surface area contributed by atoms with Gasteiger partial charge in [-0.3, -0.25) is 0 Å². The first-order valence-electron chi connectivity index (χ1n) is 16.4. The minimum Gasteiger partial charge on any atom is -0.0857 e. The lowest BCUT2D eigenvalue weighted by atomic mass is 9.81. The molecular formula is C33H66I2. The van der Waals surface area contributed by atoms with Crippen LogP contribution in [0.15, 0.2) is 0 Å². The molecule has 0 aromatic rings. The van der Waals surface area contributed by atoms with E-state index < -0.39 is 0 Å². The van der Waals surface area contributed by atoms with E-state index in [0.717, 1.165) is 0 Å². The minimum absolute atomic E-state index is 0.636. The molecule has 0 saturated heterocycles. The number of hydrogen-bond acceptors (Lipinski definition) is 0. The van der Waals surface area contributed by atoms with Crippen molar-refractivity contribution in [2.75, 3.05) is 8.86 Å². The minimum atomic E-state index is 0.636. The topological polar surface area (TPSA) is 0 Å². The molecule has 0 nitrogen and oxygen atoms in total. The molecule has 0 aliphatic carbocycles. The molecule has 212 valence electrons. The van der Waals surface area contributed by atoms with Gasteiger partial charge >= 0.3 is 0 Å². The molecule has 2 heteroatoms. The maximum atomic E-state index is 2.69. The molecule has 0 bridgehead atoms. The maximum Gasteiger partial charge on any atom is 0.00593 e. The number of halogens is 2. The molecule has 0 aliphatic heterocycles. The molecule has 0 amide bonds. The lowest BCUT2D eigenvalue weighted by molar-refractivity contribution is 0.306. The summed E-state index contributed by atoms with van der Waals surface area (Å²) in [7, 11) is 0. The molecule has 0 saturated carbocycles. The van der Waals surface area contributed by atoms with Crippen LogP contribution >= 0.6 is 45.2 Å². The third-order valence-corrected chi connectivity index (χ3v) is 11.4. The van der Waals surface area contributed by atoms with Gasteiger partial charge in [-0.15, -0.1) is 0 Å². The monoisotopic (exact) mass is 716 g/mol. The molecule has 0 N–H and O–H groups in total. The van der Waals surface area contributed by atoms with Gasteiger partial charge in [0.25, 0.3) is 0 Å². The lowest BCUT2D eigenvalue weighted by Crippen LogP contribution is -2.24. The molecule has 0 radical (unpaired) electrons. The van der Waals surface area contributed by atoms with E-state index in [9.17, 15) is 0 Å². The van der Waals surface area contributed by atoms with Crippen LogP contribution in [0.5, 0.6) is 0 Å². The van der Waals surface area contributed by atoms with Crippen LogP contribution < -0.4 is 0 Å². The summed E-state index contributed by atoms with van der Waals surface area (Å²) in [6.45, 7) is 4.62. The van der Waals surface area contributed by atoms with Crippen molar-refractivity contribution in [2.45, 2.75) is 194 Å². The highest BCUT2D eigenvalue weighted by Gasteiger charge is 2.26. The summed E-state index contributed by atoms with van der Waals surface area (Å²) in [6, 6.07) is 0. The summed E-state index contributed by atoms with van der Waals surface area (Å²) in [6.07, 6.45) is 41.1. The van der Waals surface area contributed by atoms with Crippen molar-refractivity contribution >= 4 is 45.2 Å². The van der Waals surface area contributed by atoms with E-state index in [1.54, 1.807) is 0 Å². The number of unbranched alkanes of at least 4 members (excludes halogenated alkanes) is 24. The van der Waals surface area contributed by atoms with E-state index in [1.807, 2.05) is 0 Å². The van der Waals surface area contributed by atoms with Crippen LogP contribution in [-0.4, -0.2) is 8.86 Å². The van der Waals surface area contributed by atoms with E-state index in [-0.39, 0.29) is 0 Å². The summed E-state index contributed by atoms with van der Waals surface area (Å²) in [5, 5.41) is 0. The van der Waals surface area contributed by atoms with Gasteiger partial charge in [0, 0.05) is 8.86 Å². The van der Waals surface area contributed by atoms with Crippen LogP contribution in [0.25, 0.3) is 0 Å². The number of alkyl halides is 2. The van der Waals surface area contributed by atoms with Gasteiger partial charge in [-0.1, -0.05) is 226 Å². The first-order valence-corrected chi connectivity index (χ1v) is 19.4. The van der Waals surface area contributed by atoms with Crippen LogP contribution in [0.3, 0.4) is 0 Å². The Labute approximate surface area is 251 Å². The van der Waals surface area contributed by atoms with Gasteiger partial charge in [-0.2, -0.15) is 0 Å². The Kier molecular flexibility index (Phi) is 31.3. The van der Waals surface area contributed by atoms with Crippen LogP contribution in [0, 0.1) is 5.41 Å². The summed E-state index contributed by atoms with van der Waals surface area (Å²) in [5.74, 6) is 0. The van der Waals surface area contributed by atoms with Gasteiger partial charge in [0.2, 0.25) is 0 Å². The molecule has 0 spiro atoms. The Morgan fingerprint density at radius 2 is 0.514 bits per heavy atom. The zero-order valence-corrected chi connectivity index (χ0v) is 28.8. The van der Waals surface area contributed by atoms with Crippen molar-refractivity contribution in [2.24, 2.45) is 5.41 Å².